The second kappa shape index (κ2) is 43.6. The number of esters is 4. The van der Waals surface area contributed by atoms with Gasteiger partial charge in [0, 0.05) is 0 Å². The van der Waals surface area contributed by atoms with Gasteiger partial charge in [-0.05, 0) is 94.8 Å². The zero-order valence-corrected chi connectivity index (χ0v) is 65.1. The van der Waals surface area contributed by atoms with Gasteiger partial charge in [-0.2, -0.15) is 0 Å². The maximum absolute atomic E-state index is 14.8. The third-order valence-corrected chi connectivity index (χ3v) is 20.3. The monoisotopic (exact) mass is 1600 g/mol. The van der Waals surface area contributed by atoms with Crippen molar-refractivity contribution in [2.24, 2.45) is 0 Å². The molecule has 14 rings (SSSR count). The number of allylic oxidation sites excluding steroid dienone is 1. The van der Waals surface area contributed by atoms with Crippen molar-refractivity contribution in [3.63, 3.8) is 0 Å². The summed E-state index contributed by atoms with van der Waals surface area (Å²) in [6.07, 6.45) is -17.4. The normalized spacial score (nSPS) is 24.7. The Morgan fingerprint density at radius 1 is 0.254 bits per heavy atom. The molecule has 0 amide bonds. The van der Waals surface area contributed by atoms with Crippen LogP contribution in [-0.4, -0.2) is 161 Å². The molecule has 4 heterocycles. The molecule has 4 fully saturated rings. The molecule has 22 heteroatoms. The molecule has 612 valence electrons. The lowest BCUT2D eigenvalue weighted by Crippen LogP contribution is -2.62. The van der Waals surface area contributed by atoms with Gasteiger partial charge in [-0.15, -0.1) is 6.58 Å². The summed E-state index contributed by atoms with van der Waals surface area (Å²) in [6, 6.07) is 91.4. The van der Waals surface area contributed by atoms with Crippen LogP contribution < -0.4 is 0 Å². The van der Waals surface area contributed by atoms with E-state index in [2.05, 4.69) is 6.58 Å². The van der Waals surface area contributed by atoms with Crippen LogP contribution in [0.1, 0.15) is 87.7 Å². The Morgan fingerprint density at radius 3 is 0.746 bits per heavy atom. The lowest BCUT2D eigenvalue weighted by molar-refractivity contribution is -0.322. The van der Waals surface area contributed by atoms with E-state index in [9.17, 15) is 19.2 Å². The minimum absolute atomic E-state index is 0.00699. The van der Waals surface area contributed by atoms with Gasteiger partial charge in [0.2, 0.25) is 0 Å². The van der Waals surface area contributed by atoms with Gasteiger partial charge in [-0.1, -0.05) is 261 Å². The van der Waals surface area contributed by atoms with E-state index in [1.54, 1.807) is 127 Å². The van der Waals surface area contributed by atoms with Crippen LogP contribution in [0.3, 0.4) is 0 Å². The summed E-state index contributed by atoms with van der Waals surface area (Å²) in [5.74, 6) is -2.78. The highest BCUT2D eigenvalue weighted by Gasteiger charge is 2.56. The summed E-state index contributed by atoms with van der Waals surface area (Å²) in [4.78, 5) is 58.4. The molecule has 0 aromatic heterocycles. The van der Waals surface area contributed by atoms with Crippen molar-refractivity contribution in [2.45, 2.75) is 157 Å². The highest BCUT2D eigenvalue weighted by molar-refractivity contribution is 5.91. The van der Waals surface area contributed by atoms with E-state index in [0.717, 1.165) is 33.4 Å². The first kappa shape index (κ1) is 83.7. The lowest BCUT2D eigenvalue weighted by atomic mass is 9.97. The average molecular weight is 1600 g/mol. The molecule has 4 aliphatic heterocycles. The molecule has 10 aromatic rings. The van der Waals surface area contributed by atoms with Crippen molar-refractivity contribution in [2.75, 3.05) is 33.0 Å². The number of benzene rings is 10. The van der Waals surface area contributed by atoms with Crippen LogP contribution in [0.15, 0.2) is 316 Å². The molecule has 4 aliphatic rings. The van der Waals surface area contributed by atoms with Crippen LogP contribution in [0.2, 0.25) is 0 Å². The molecule has 14 unspecified atom stereocenters. The van der Waals surface area contributed by atoms with Crippen molar-refractivity contribution in [1.29, 1.82) is 0 Å². The van der Waals surface area contributed by atoms with Crippen molar-refractivity contribution in [3.8, 4) is 0 Å². The van der Waals surface area contributed by atoms with E-state index in [4.69, 9.17) is 85.3 Å². The first-order chi connectivity index (χ1) is 58.1. The topological polar surface area (TPSA) is 234 Å². The molecule has 0 spiro atoms. The molecule has 4 saturated heterocycles. The Morgan fingerprint density at radius 2 is 0.475 bits per heavy atom. The number of ether oxygens (including phenoxy) is 18. The minimum Gasteiger partial charge on any atom is -0.450 e. The number of carbonyl (C=O) groups excluding carboxylic acids is 4. The number of carbonyl (C=O) groups is 4. The van der Waals surface area contributed by atoms with Crippen molar-refractivity contribution >= 4 is 23.9 Å². The van der Waals surface area contributed by atoms with Gasteiger partial charge >= 0.3 is 23.9 Å². The molecular weight excluding hydrogens is 1510 g/mol. The second-order valence-electron chi connectivity index (χ2n) is 28.7. The number of rotatable bonds is 41. The highest BCUT2D eigenvalue weighted by atomic mass is 16.8. The van der Waals surface area contributed by atoms with Gasteiger partial charge in [-0.25, -0.2) is 19.2 Å². The summed E-state index contributed by atoms with van der Waals surface area (Å²) < 4.78 is 123. The lowest BCUT2D eigenvalue weighted by Gasteiger charge is -2.45. The average Bonchev–Trinajstić information content (AvgIpc) is 1.35. The maximum Gasteiger partial charge on any atom is 0.338 e. The van der Waals surface area contributed by atoms with Crippen LogP contribution >= 0.6 is 0 Å². The third kappa shape index (κ3) is 23.4. The minimum atomic E-state index is -1.49. The Balaban J connectivity index is 0.801. The van der Waals surface area contributed by atoms with E-state index >= 15 is 0 Å². The van der Waals surface area contributed by atoms with Gasteiger partial charge < -0.3 is 85.3 Å². The Labute approximate surface area is 686 Å². The number of hydrogen-bond donors (Lipinski definition) is 0. The van der Waals surface area contributed by atoms with Gasteiger partial charge in [0.15, 0.2) is 49.6 Å². The molecule has 17 atom stereocenters. The molecule has 10 aromatic carbocycles. The van der Waals surface area contributed by atoms with E-state index in [-0.39, 0.29) is 82.8 Å². The summed E-state index contributed by atoms with van der Waals surface area (Å²) in [5, 5.41) is 0. The largest absolute Gasteiger partial charge is 0.450 e. The second-order valence-corrected chi connectivity index (χ2v) is 28.7. The highest BCUT2D eigenvalue weighted by Crippen LogP contribution is 2.39. The Bertz CT molecular complexity index is 4650. The first-order valence-corrected chi connectivity index (χ1v) is 39.8. The number of unbranched alkanes of at least 4 members (excludes halogenated alkanes) is 1. The molecule has 0 bridgehead atoms. The molecule has 118 heavy (non-hydrogen) atoms. The molecule has 0 N–H and O–H groups in total. The Kier molecular flexibility index (Phi) is 31.0. The first-order valence-electron chi connectivity index (χ1n) is 39.8. The van der Waals surface area contributed by atoms with Crippen molar-refractivity contribution in [1.82, 2.24) is 0 Å². The standard InChI is InChI=1S/C96H96O22/c1-2-3-34-55-102-93-85(115-89(97)72-47-26-10-27-48-72)81(104-58-68-39-18-6-19-40-68)77(112-93)63-108-94-86(116-90(98)73-49-28-11-29-50-73)82(105-59-69-41-20-7-21-42-69)78(113-94)64-109-95-87(117-91(99)74-51-30-12-31-52-74)83(106-60-70-43-22-8-23-44-70)79(114-95)65-110-96-88(118-92(100)75-53-32-13-33-54-75)84(107-61-71-45-24-9-25-46-71)80(103-57-67-37-16-5-17-38-67)76(111-96)62-101-56-66-35-14-4-15-36-66/h2,4-33,35-54,76-88,93-96H,1,3,34,55-65H2/t76?,77?,78?,79?,80-,81?,82?,83?,84-,85?,86?,87?,88?,93?,94?,95?,96+/m0/s1. The molecule has 0 radical (unpaired) electrons. The van der Waals surface area contributed by atoms with Crippen molar-refractivity contribution in [3.05, 3.63) is 372 Å². The molecule has 0 saturated carbocycles. The predicted octanol–water partition coefficient (Wildman–Crippen LogP) is 15.0. The smallest absolute Gasteiger partial charge is 0.338 e. The molecule has 22 nitrogen and oxygen atoms in total. The zero-order valence-electron chi connectivity index (χ0n) is 65.1. The fourth-order valence-corrected chi connectivity index (χ4v) is 14.3. The number of hydrogen-bond acceptors (Lipinski definition) is 22. The van der Waals surface area contributed by atoms with Gasteiger partial charge in [-0.3, -0.25) is 0 Å². The van der Waals surface area contributed by atoms with Crippen molar-refractivity contribution < 1.29 is 104 Å². The van der Waals surface area contributed by atoms with E-state index < -0.39 is 135 Å². The van der Waals surface area contributed by atoms with E-state index in [1.807, 2.05) is 182 Å². The zero-order chi connectivity index (χ0) is 80.9. The van der Waals surface area contributed by atoms with Gasteiger partial charge in [0.1, 0.15) is 54.9 Å². The van der Waals surface area contributed by atoms with Crippen LogP contribution in [0.5, 0.6) is 0 Å². The third-order valence-electron chi connectivity index (χ3n) is 20.3. The molecular formula is C96H96O22. The van der Waals surface area contributed by atoms with Gasteiger partial charge in [0.25, 0.3) is 0 Å². The van der Waals surface area contributed by atoms with Crippen LogP contribution in [0, 0.1) is 0 Å². The predicted molar refractivity (Wildman–Crippen MR) is 432 cm³/mol. The van der Waals surface area contributed by atoms with Crippen LogP contribution in [0.25, 0.3) is 0 Å². The Hall–Kier alpha value is -10.7. The summed E-state index contributed by atoms with van der Waals surface area (Å²) >= 11 is 0. The van der Waals surface area contributed by atoms with E-state index in [1.165, 1.54) is 0 Å². The van der Waals surface area contributed by atoms with Gasteiger partial charge in [0.05, 0.1) is 94.9 Å². The van der Waals surface area contributed by atoms with E-state index in [0.29, 0.717) is 18.4 Å². The summed E-state index contributed by atoms with van der Waals surface area (Å²) in [7, 11) is 0. The fraction of sp³-hybridized carbons (Fsp3) is 0.312. The quantitative estimate of drug-likeness (QED) is 0.0150. The maximum atomic E-state index is 14.8. The van der Waals surface area contributed by atoms with Crippen LogP contribution in [-0.2, 0) is 125 Å². The SMILES string of the molecule is C=CCCCOC1OC(COC2OC(COC3OC(CO[C@@H]4OC(COCc5ccccc5)[C@H](OCc5ccccc5)[C@H](OCc5ccccc5)C4OC(=O)c4ccccc4)C(OCc4ccccc4)C3OC(=O)c3ccccc3)C(OCc3ccccc3)C2OC(=O)c2ccccc2)C(OCc2ccccc2)C1OC(=O)c1ccccc1. The molecule has 0 aliphatic carbocycles. The summed E-state index contributed by atoms with van der Waals surface area (Å²) in [6.45, 7) is 3.41. The fourth-order valence-electron chi connectivity index (χ4n) is 14.3. The summed E-state index contributed by atoms with van der Waals surface area (Å²) in [5.41, 5.74) is 5.97. The van der Waals surface area contributed by atoms with Crippen LogP contribution in [0.4, 0.5) is 0 Å².